The first-order valence-electron chi connectivity index (χ1n) is 5.22. The second-order valence-corrected chi connectivity index (χ2v) is 3.96. The average Bonchev–Trinajstić information content (AvgIpc) is 2.70. The first-order valence-corrected chi connectivity index (χ1v) is 5.22. The SMILES string of the molecule is O=C(O)c1ccncc1N1CC(CO)CC1=O. The topological polar surface area (TPSA) is 90.7 Å². The first-order chi connectivity index (χ1) is 8.13. The molecule has 1 aromatic rings. The summed E-state index contributed by atoms with van der Waals surface area (Å²) in [6.07, 6.45) is 2.97. The Balaban J connectivity index is 2.35. The van der Waals surface area contributed by atoms with Crippen LogP contribution < -0.4 is 4.90 Å². The molecule has 1 saturated heterocycles. The summed E-state index contributed by atoms with van der Waals surface area (Å²) in [5.41, 5.74) is 0.341. The maximum absolute atomic E-state index is 11.7. The largest absolute Gasteiger partial charge is 0.478 e. The van der Waals surface area contributed by atoms with Crippen molar-refractivity contribution < 1.29 is 19.8 Å². The number of carboxylic acid groups (broad SMARTS) is 1. The Kier molecular flexibility index (Phi) is 3.06. The molecule has 0 aromatic carbocycles. The van der Waals surface area contributed by atoms with Gasteiger partial charge in [0, 0.05) is 31.7 Å². The highest BCUT2D eigenvalue weighted by molar-refractivity contribution is 6.02. The van der Waals surface area contributed by atoms with Crippen LogP contribution in [0.2, 0.25) is 0 Å². The number of carbonyl (C=O) groups is 2. The Morgan fingerprint density at radius 3 is 2.94 bits per heavy atom. The number of hydrogen-bond acceptors (Lipinski definition) is 4. The summed E-state index contributed by atoms with van der Waals surface area (Å²) in [6, 6.07) is 1.36. The normalized spacial score (nSPS) is 19.7. The zero-order chi connectivity index (χ0) is 12.4. The second-order valence-electron chi connectivity index (χ2n) is 3.96. The maximum Gasteiger partial charge on any atom is 0.337 e. The zero-order valence-electron chi connectivity index (χ0n) is 9.04. The first kappa shape index (κ1) is 11.5. The van der Waals surface area contributed by atoms with E-state index in [9.17, 15) is 9.59 Å². The van der Waals surface area contributed by atoms with Crippen LogP contribution in [0.4, 0.5) is 5.69 Å². The van der Waals surface area contributed by atoms with Gasteiger partial charge in [-0.2, -0.15) is 0 Å². The molecular formula is C11H12N2O4. The van der Waals surface area contributed by atoms with E-state index in [0.717, 1.165) is 0 Å². The van der Waals surface area contributed by atoms with Crippen LogP contribution in [0.1, 0.15) is 16.8 Å². The Morgan fingerprint density at radius 1 is 1.59 bits per heavy atom. The highest BCUT2D eigenvalue weighted by Gasteiger charge is 2.32. The summed E-state index contributed by atoms with van der Waals surface area (Å²) in [4.78, 5) is 27.9. The Hall–Kier alpha value is -1.95. The molecule has 17 heavy (non-hydrogen) atoms. The van der Waals surface area contributed by atoms with Crippen LogP contribution >= 0.6 is 0 Å². The van der Waals surface area contributed by atoms with E-state index < -0.39 is 5.97 Å². The fraction of sp³-hybridized carbons (Fsp3) is 0.364. The number of nitrogens with zero attached hydrogens (tertiary/aromatic N) is 2. The van der Waals surface area contributed by atoms with Gasteiger partial charge in [-0.05, 0) is 6.07 Å². The minimum Gasteiger partial charge on any atom is -0.478 e. The third-order valence-corrected chi connectivity index (χ3v) is 2.78. The van der Waals surface area contributed by atoms with Crippen LogP contribution in [-0.2, 0) is 4.79 Å². The van der Waals surface area contributed by atoms with E-state index in [0.29, 0.717) is 12.2 Å². The van der Waals surface area contributed by atoms with Gasteiger partial charge in [-0.25, -0.2) is 4.79 Å². The standard InChI is InChI=1S/C11H12N2O4/c14-6-7-3-10(15)13(5-7)9-4-12-2-1-8(9)11(16)17/h1-2,4,7,14H,3,5-6H2,(H,16,17). The van der Waals surface area contributed by atoms with E-state index in [1.165, 1.54) is 23.4 Å². The van der Waals surface area contributed by atoms with E-state index >= 15 is 0 Å². The van der Waals surface area contributed by atoms with Gasteiger partial charge in [-0.3, -0.25) is 9.78 Å². The minimum absolute atomic E-state index is 0.0481. The van der Waals surface area contributed by atoms with Crippen molar-refractivity contribution in [3.63, 3.8) is 0 Å². The fourth-order valence-electron chi connectivity index (χ4n) is 1.92. The number of aliphatic hydroxyl groups is 1. The van der Waals surface area contributed by atoms with Crippen LogP contribution in [0, 0.1) is 5.92 Å². The molecule has 90 valence electrons. The summed E-state index contributed by atoms with van der Waals surface area (Å²) in [6.45, 7) is 0.256. The average molecular weight is 236 g/mol. The lowest BCUT2D eigenvalue weighted by Crippen LogP contribution is -2.27. The van der Waals surface area contributed by atoms with Crippen molar-refractivity contribution in [3.05, 3.63) is 24.0 Å². The zero-order valence-corrected chi connectivity index (χ0v) is 9.04. The Bertz CT molecular complexity index is 461. The lowest BCUT2D eigenvalue weighted by Gasteiger charge is -2.17. The molecule has 1 aliphatic rings. The van der Waals surface area contributed by atoms with Gasteiger partial charge in [0.1, 0.15) is 0 Å². The molecule has 1 amide bonds. The number of anilines is 1. The number of aromatic carboxylic acids is 1. The van der Waals surface area contributed by atoms with E-state index in [1.54, 1.807) is 0 Å². The van der Waals surface area contributed by atoms with Gasteiger partial charge in [0.25, 0.3) is 0 Å². The molecule has 1 aromatic heterocycles. The van der Waals surface area contributed by atoms with E-state index in [2.05, 4.69) is 4.98 Å². The van der Waals surface area contributed by atoms with Crippen molar-refractivity contribution in [2.24, 2.45) is 5.92 Å². The molecule has 1 unspecified atom stereocenters. The van der Waals surface area contributed by atoms with Gasteiger partial charge in [0.05, 0.1) is 17.4 Å². The number of aliphatic hydroxyl groups excluding tert-OH is 1. The minimum atomic E-state index is -1.09. The third-order valence-electron chi connectivity index (χ3n) is 2.78. The highest BCUT2D eigenvalue weighted by Crippen LogP contribution is 2.27. The van der Waals surface area contributed by atoms with Crippen LogP contribution in [-0.4, -0.2) is 40.2 Å². The molecule has 6 nitrogen and oxygen atoms in total. The summed E-state index contributed by atoms with van der Waals surface area (Å²) >= 11 is 0. The molecule has 1 aliphatic heterocycles. The predicted molar refractivity (Wildman–Crippen MR) is 58.7 cm³/mol. The van der Waals surface area contributed by atoms with Gasteiger partial charge in [-0.1, -0.05) is 0 Å². The summed E-state index contributed by atoms with van der Waals surface area (Å²) in [5.74, 6) is -1.41. The molecule has 1 atom stereocenters. The Labute approximate surface area is 97.5 Å². The smallest absolute Gasteiger partial charge is 0.337 e. The van der Waals surface area contributed by atoms with Crippen LogP contribution in [0.3, 0.4) is 0 Å². The maximum atomic E-state index is 11.7. The molecule has 0 radical (unpaired) electrons. The summed E-state index contributed by atoms with van der Waals surface area (Å²) in [5, 5.41) is 18.0. The quantitative estimate of drug-likeness (QED) is 0.778. The summed E-state index contributed by atoms with van der Waals surface area (Å²) < 4.78 is 0. The molecule has 0 spiro atoms. The molecule has 2 N–H and O–H groups in total. The number of aromatic nitrogens is 1. The molecule has 6 heteroatoms. The monoisotopic (exact) mass is 236 g/mol. The number of hydrogen-bond donors (Lipinski definition) is 2. The molecule has 2 heterocycles. The van der Waals surface area contributed by atoms with Crippen molar-refractivity contribution in [2.45, 2.75) is 6.42 Å². The number of pyridine rings is 1. The van der Waals surface area contributed by atoms with E-state index in [1.807, 2.05) is 0 Å². The van der Waals surface area contributed by atoms with E-state index in [4.69, 9.17) is 10.2 Å². The van der Waals surface area contributed by atoms with Crippen LogP contribution in [0.25, 0.3) is 0 Å². The second kappa shape index (κ2) is 4.50. The molecule has 0 aliphatic carbocycles. The van der Waals surface area contributed by atoms with Crippen molar-refractivity contribution in [1.29, 1.82) is 0 Å². The van der Waals surface area contributed by atoms with Gasteiger partial charge < -0.3 is 15.1 Å². The van der Waals surface area contributed by atoms with Gasteiger partial charge in [0.2, 0.25) is 5.91 Å². The highest BCUT2D eigenvalue weighted by atomic mass is 16.4. The summed E-state index contributed by atoms with van der Waals surface area (Å²) in [7, 11) is 0. The van der Waals surface area contributed by atoms with Gasteiger partial charge in [-0.15, -0.1) is 0 Å². The number of rotatable bonds is 3. The molecule has 2 rings (SSSR count). The van der Waals surface area contributed by atoms with Crippen LogP contribution in [0.15, 0.2) is 18.5 Å². The van der Waals surface area contributed by atoms with Crippen molar-refractivity contribution in [3.8, 4) is 0 Å². The van der Waals surface area contributed by atoms with Crippen LogP contribution in [0.5, 0.6) is 0 Å². The number of carboxylic acids is 1. The van der Waals surface area contributed by atoms with Crippen molar-refractivity contribution in [1.82, 2.24) is 4.98 Å². The number of amides is 1. The molecule has 0 saturated carbocycles. The van der Waals surface area contributed by atoms with Crippen molar-refractivity contribution in [2.75, 3.05) is 18.1 Å². The molecule has 1 fully saturated rings. The third kappa shape index (κ3) is 2.12. The predicted octanol–water partition coefficient (Wildman–Crippen LogP) is 0.125. The Morgan fingerprint density at radius 2 is 2.35 bits per heavy atom. The van der Waals surface area contributed by atoms with Gasteiger partial charge >= 0.3 is 5.97 Å². The van der Waals surface area contributed by atoms with Crippen molar-refractivity contribution >= 4 is 17.6 Å². The van der Waals surface area contributed by atoms with E-state index in [-0.39, 0.29) is 30.4 Å². The lowest BCUT2D eigenvalue weighted by atomic mass is 10.1. The fourth-order valence-corrected chi connectivity index (χ4v) is 1.92. The number of carbonyl (C=O) groups excluding carboxylic acids is 1. The lowest BCUT2D eigenvalue weighted by molar-refractivity contribution is -0.117. The molecular weight excluding hydrogens is 224 g/mol. The van der Waals surface area contributed by atoms with Gasteiger partial charge in [0.15, 0.2) is 0 Å². The molecule has 0 bridgehead atoms.